The van der Waals surface area contributed by atoms with E-state index in [0.29, 0.717) is 13.0 Å². The predicted octanol–water partition coefficient (Wildman–Crippen LogP) is 1.73. The minimum Gasteiger partial charge on any atom is -0.466 e. The van der Waals surface area contributed by atoms with Crippen LogP contribution in [0.5, 0.6) is 0 Å². The minimum atomic E-state index is -0.0800. The molecule has 3 nitrogen and oxygen atoms in total. The number of carbonyl (C=O) groups is 1. The van der Waals surface area contributed by atoms with E-state index in [0.717, 1.165) is 25.4 Å². The number of nitrogens with zero attached hydrogens (tertiary/aromatic N) is 1. The molecule has 0 unspecified atom stereocenters. The first kappa shape index (κ1) is 11.5. The molecule has 1 rings (SSSR count). The van der Waals surface area contributed by atoms with E-state index in [2.05, 4.69) is 5.32 Å². The van der Waals surface area contributed by atoms with Gasteiger partial charge < -0.3 is 4.74 Å². The van der Waals surface area contributed by atoms with Crippen LogP contribution in [-0.2, 0) is 9.53 Å². The molecule has 0 spiro atoms. The Kier molecular flexibility index (Phi) is 5.60. The quantitative estimate of drug-likeness (QED) is 0.498. The summed E-state index contributed by atoms with van der Waals surface area (Å²) >= 11 is 0. The van der Waals surface area contributed by atoms with Crippen LogP contribution in [0, 0.1) is 5.92 Å². The second-order valence-corrected chi connectivity index (χ2v) is 3.83. The number of hydrogen-bond donors (Lipinski definition) is 0. The highest BCUT2D eigenvalue weighted by atomic mass is 16.5. The first-order valence-corrected chi connectivity index (χ1v) is 5.61. The van der Waals surface area contributed by atoms with Crippen molar-refractivity contribution < 1.29 is 9.53 Å². The van der Waals surface area contributed by atoms with Crippen LogP contribution in [0.15, 0.2) is 0 Å². The summed E-state index contributed by atoms with van der Waals surface area (Å²) < 4.78 is 5.02. The van der Waals surface area contributed by atoms with Gasteiger partial charge in [0.2, 0.25) is 0 Å². The van der Waals surface area contributed by atoms with Gasteiger partial charge in [-0.2, -0.15) is 0 Å². The molecule has 0 amide bonds. The van der Waals surface area contributed by atoms with Crippen molar-refractivity contribution in [1.29, 1.82) is 0 Å². The van der Waals surface area contributed by atoms with Gasteiger partial charge in [-0.05, 0) is 31.6 Å². The Hall–Kier alpha value is -0.570. The molecule has 1 saturated heterocycles. The van der Waals surface area contributed by atoms with Crippen LogP contribution >= 0.6 is 0 Å². The Bertz CT molecular complexity index is 165. The van der Waals surface area contributed by atoms with Gasteiger partial charge in [0.25, 0.3) is 0 Å². The molecule has 0 aromatic heterocycles. The number of carbonyl (C=O) groups excluding carboxylic acids is 1. The van der Waals surface area contributed by atoms with Gasteiger partial charge in [-0.1, -0.05) is 6.92 Å². The molecule has 0 bridgehead atoms. The molecule has 0 atom stereocenters. The lowest BCUT2D eigenvalue weighted by Gasteiger charge is -2.21. The smallest absolute Gasteiger partial charge is 0.305 e. The maximum Gasteiger partial charge on any atom is 0.305 e. The first-order valence-electron chi connectivity index (χ1n) is 5.61. The van der Waals surface area contributed by atoms with E-state index in [9.17, 15) is 4.79 Å². The molecule has 1 aliphatic rings. The molecule has 3 heteroatoms. The maximum absolute atomic E-state index is 10.8. The lowest BCUT2D eigenvalue weighted by molar-refractivity contribution is -0.143. The van der Waals surface area contributed by atoms with Crippen LogP contribution < -0.4 is 5.32 Å². The van der Waals surface area contributed by atoms with E-state index in [4.69, 9.17) is 4.74 Å². The Labute approximate surface area is 86.2 Å². The van der Waals surface area contributed by atoms with Gasteiger partial charge in [0.05, 0.1) is 6.61 Å². The number of ether oxygens (including phenoxy) is 1. The second kappa shape index (κ2) is 6.82. The molecule has 0 aromatic carbocycles. The summed E-state index contributed by atoms with van der Waals surface area (Å²) in [7, 11) is 0. The zero-order valence-corrected chi connectivity index (χ0v) is 9.00. The zero-order valence-electron chi connectivity index (χ0n) is 9.00. The topological polar surface area (TPSA) is 40.4 Å². The third kappa shape index (κ3) is 4.61. The number of hydrogen-bond acceptors (Lipinski definition) is 2. The minimum absolute atomic E-state index is 0.0800. The molecule has 1 aliphatic heterocycles. The SMILES string of the molecule is CCC(=O)OCCCC1CC[N]CC1. The molecule has 14 heavy (non-hydrogen) atoms. The van der Waals surface area contributed by atoms with Crippen molar-refractivity contribution in [3.05, 3.63) is 0 Å². The monoisotopic (exact) mass is 198 g/mol. The Morgan fingerprint density at radius 2 is 2.14 bits per heavy atom. The summed E-state index contributed by atoms with van der Waals surface area (Å²) in [6.07, 6.45) is 5.13. The fraction of sp³-hybridized carbons (Fsp3) is 0.909. The molecule has 0 aliphatic carbocycles. The van der Waals surface area contributed by atoms with Gasteiger partial charge in [0.15, 0.2) is 0 Å². The highest BCUT2D eigenvalue weighted by Gasteiger charge is 2.13. The molecule has 1 radical (unpaired) electrons. The van der Waals surface area contributed by atoms with Crippen LogP contribution in [0.3, 0.4) is 0 Å². The number of rotatable bonds is 5. The summed E-state index contributed by atoms with van der Waals surface area (Å²) in [5, 5.41) is 4.31. The predicted molar refractivity (Wildman–Crippen MR) is 55.1 cm³/mol. The van der Waals surface area contributed by atoms with Crippen LogP contribution in [0.2, 0.25) is 0 Å². The lowest BCUT2D eigenvalue weighted by Crippen LogP contribution is -2.22. The van der Waals surface area contributed by atoms with Crippen molar-refractivity contribution in [2.45, 2.75) is 39.0 Å². The second-order valence-electron chi connectivity index (χ2n) is 3.83. The molecular formula is C11H20NO2. The van der Waals surface area contributed by atoms with Gasteiger partial charge >= 0.3 is 5.97 Å². The van der Waals surface area contributed by atoms with E-state index < -0.39 is 0 Å². The van der Waals surface area contributed by atoms with Gasteiger partial charge in [-0.25, -0.2) is 5.32 Å². The third-order valence-corrected chi connectivity index (χ3v) is 2.70. The molecule has 0 saturated carbocycles. The van der Waals surface area contributed by atoms with Crippen LogP contribution in [0.25, 0.3) is 0 Å². The van der Waals surface area contributed by atoms with Crippen molar-refractivity contribution in [1.82, 2.24) is 5.32 Å². The summed E-state index contributed by atoms with van der Waals surface area (Å²) in [5.41, 5.74) is 0. The lowest BCUT2D eigenvalue weighted by atomic mass is 9.93. The average Bonchev–Trinajstić information content (AvgIpc) is 2.25. The van der Waals surface area contributed by atoms with Crippen molar-refractivity contribution in [3.63, 3.8) is 0 Å². The van der Waals surface area contributed by atoms with Crippen molar-refractivity contribution in [3.8, 4) is 0 Å². The fourth-order valence-corrected chi connectivity index (χ4v) is 1.75. The van der Waals surface area contributed by atoms with Crippen molar-refractivity contribution in [2.24, 2.45) is 5.92 Å². The van der Waals surface area contributed by atoms with Gasteiger partial charge in [-0.15, -0.1) is 0 Å². The third-order valence-electron chi connectivity index (χ3n) is 2.70. The van der Waals surface area contributed by atoms with Crippen molar-refractivity contribution in [2.75, 3.05) is 19.7 Å². The largest absolute Gasteiger partial charge is 0.466 e. The van der Waals surface area contributed by atoms with E-state index in [1.807, 2.05) is 6.92 Å². The Balaban J connectivity index is 1.94. The summed E-state index contributed by atoms with van der Waals surface area (Å²) in [6, 6.07) is 0. The Morgan fingerprint density at radius 1 is 1.43 bits per heavy atom. The molecule has 0 aromatic rings. The maximum atomic E-state index is 10.8. The van der Waals surface area contributed by atoms with E-state index >= 15 is 0 Å². The average molecular weight is 198 g/mol. The number of piperidine rings is 1. The Morgan fingerprint density at radius 3 is 2.79 bits per heavy atom. The molecule has 1 fully saturated rings. The van der Waals surface area contributed by atoms with Crippen LogP contribution in [-0.4, -0.2) is 25.7 Å². The van der Waals surface area contributed by atoms with E-state index in [-0.39, 0.29) is 5.97 Å². The van der Waals surface area contributed by atoms with E-state index in [1.54, 1.807) is 0 Å². The van der Waals surface area contributed by atoms with Crippen LogP contribution in [0.1, 0.15) is 39.0 Å². The van der Waals surface area contributed by atoms with Crippen molar-refractivity contribution >= 4 is 5.97 Å². The van der Waals surface area contributed by atoms with Gasteiger partial charge in [-0.3, -0.25) is 4.79 Å². The first-order chi connectivity index (χ1) is 6.83. The molecule has 0 N–H and O–H groups in total. The summed E-state index contributed by atoms with van der Waals surface area (Å²) in [4.78, 5) is 10.8. The standard InChI is InChI=1S/C11H20NO2/c1-2-11(13)14-9-3-4-10-5-7-12-8-6-10/h10H,2-9H2,1H3. The highest BCUT2D eigenvalue weighted by molar-refractivity contribution is 5.68. The molecule has 81 valence electrons. The van der Waals surface area contributed by atoms with Gasteiger partial charge in [0.1, 0.15) is 0 Å². The molecular weight excluding hydrogens is 178 g/mol. The summed E-state index contributed by atoms with van der Waals surface area (Å²) in [6.45, 7) is 4.48. The highest BCUT2D eigenvalue weighted by Crippen LogP contribution is 2.18. The van der Waals surface area contributed by atoms with Gasteiger partial charge in [0, 0.05) is 19.5 Å². The fourth-order valence-electron chi connectivity index (χ4n) is 1.75. The zero-order chi connectivity index (χ0) is 10.2. The number of esters is 1. The summed E-state index contributed by atoms with van der Waals surface area (Å²) in [5.74, 6) is 0.733. The van der Waals surface area contributed by atoms with Crippen LogP contribution in [0.4, 0.5) is 0 Å². The molecule has 1 heterocycles. The van der Waals surface area contributed by atoms with E-state index in [1.165, 1.54) is 19.3 Å². The normalized spacial score (nSPS) is 18.1.